The molecule has 6 fully saturated rings. The van der Waals surface area contributed by atoms with Crippen LogP contribution in [0.25, 0.3) is 0 Å². The first-order valence-corrected chi connectivity index (χ1v) is 14.1. The Balaban J connectivity index is 1.29. The smallest absolute Gasteiger partial charge is 0.315 e. The number of nitrogens with two attached hydrogens (primary N) is 1. The molecular weight excluding hydrogens is 486 g/mol. The molecule has 6 rings (SSSR count). The van der Waals surface area contributed by atoms with E-state index < -0.39 is 41.6 Å². The zero-order chi connectivity index (χ0) is 27.8. The van der Waals surface area contributed by atoms with Crippen LogP contribution in [0.15, 0.2) is 0 Å². The standard InChI is InChI=1S/C28H43N5O5/c1-26(2,3)21(31-25(38)32-28-9-14-6-15(10-28)8-16(7-14)11-28)24(37)33-13-17-19(27(17,4)5)20(33)23(36)30-12-18(34)22(29)35/h14-17,19-21H,6-13H2,1-5H3,(H2,29,35)(H,30,36)(H2,31,32,38)/t14?,15?,16?,17-,19-,20-,21+,28?/m0/s1. The van der Waals surface area contributed by atoms with Gasteiger partial charge in [0, 0.05) is 12.1 Å². The Bertz CT molecular complexity index is 1030. The molecular formula is C28H43N5O5. The summed E-state index contributed by atoms with van der Waals surface area (Å²) in [5, 5.41) is 8.80. The van der Waals surface area contributed by atoms with Crippen molar-refractivity contribution < 1.29 is 24.0 Å². The van der Waals surface area contributed by atoms with Gasteiger partial charge in [-0.15, -0.1) is 0 Å². The lowest BCUT2D eigenvalue weighted by atomic mass is 9.53. The zero-order valence-corrected chi connectivity index (χ0v) is 23.3. The third-order valence-corrected chi connectivity index (χ3v) is 10.3. The molecule has 4 bridgehead atoms. The number of nitrogens with zero attached hydrogens (tertiary/aromatic N) is 1. The molecule has 5 saturated carbocycles. The number of carbonyl (C=O) groups excluding carboxylic acids is 5. The fraction of sp³-hybridized carbons (Fsp3) is 0.821. The quantitative estimate of drug-likeness (QED) is 0.367. The highest BCUT2D eigenvalue weighted by Gasteiger charge is 2.69. The summed E-state index contributed by atoms with van der Waals surface area (Å²) in [6.07, 6.45) is 6.85. The number of ketones is 1. The van der Waals surface area contributed by atoms with E-state index in [1.165, 1.54) is 19.3 Å². The molecule has 10 heteroatoms. The summed E-state index contributed by atoms with van der Waals surface area (Å²) in [5.41, 5.74) is 4.13. The van der Waals surface area contributed by atoms with Crippen LogP contribution in [0.4, 0.5) is 4.79 Å². The highest BCUT2D eigenvalue weighted by atomic mass is 16.2. The Hall–Kier alpha value is -2.65. The van der Waals surface area contributed by atoms with Crippen molar-refractivity contribution in [2.24, 2.45) is 46.2 Å². The maximum Gasteiger partial charge on any atom is 0.315 e. The molecule has 0 aromatic rings. The molecule has 1 aliphatic heterocycles. The van der Waals surface area contributed by atoms with Crippen molar-refractivity contribution in [1.29, 1.82) is 0 Å². The van der Waals surface area contributed by atoms with Crippen LogP contribution >= 0.6 is 0 Å². The second kappa shape index (κ2) is 8.95. The number of hydrogen-bond donors (Lipinski definition) is 4. The van der Waals surface area contributed by atoms with Crippen molar-refractivity contribution >= 4 is 29.5 Å². The van der Waals surface area contributed by atoms with Crippen molar-refractivity contribution in [3.05, 3.63) is 0 Å². The summed E-state index contributed by atoms with van der Waals surface area (Å²) >= 11 is 0. The normalized spacial score (nSPS) is 36.7. The monoisotopic (exact) mass is 529 g/mol. The largest absolute Gasteiger partial charge is 0.363 e. The van der Waals surface area contributed by atoms with Gasteiger partial charge in [-0.1, -0.05) is 34.6 Å². The van der Waals surface area contributed by atoms with Crippen molar-refractivity contribution in [1.82, 2.24) is 20.9 Å². The lowest BCUT2D eigenvalue weighted by Gasteiger charge is -2.56. The van der Waals surface area contributed by atoms with Crippen LogP contribution in [0.3, 0.4) is 0 Å². The Labute approximate surface area is 224 Å². The Morgan fingerprint density at radius 1 is 0.974 bits per heavy atom. The van der Waals surface area contributed by atoms with Crippen LogP contribution in [0.2, 0.25) is 0 Å². The number of carbonyl (C=O) groups is 5. The summed E-state index contributed by atoms with van der Waals surface area (Å²) in [7, 11) is 0. The minimum Gasteiger partial charge on any atom is -0.363 e. The van der Waals surface area contributed by atoms with Crippen LogP contribution in [0.5, 0.6) is 0 Å². The molecule has 1 heterocycles. The van der Waals surface area contributed by atoms with E-state index in [-0.39, 0.29) is 34.7 Å². The van der Waals surface area contributed by atoms with Gasteiger partial charge in [0.25, 0.3) is 5.91 Å². The summed E-state index contributed by atoms with van der Waals surface area (Å²) in [6.45, 7) is 9.75. The Morgan fingerprint density at radius 2 is 1.53 bits per heavy atom. The molecule has 5 N–H and O–H groups in total. The van der Waals surface area contributed by atoms with E-state index in [0.717, 1.165) is 19.3 Å². The van der Waals surface area contributed by atoms with Gasteiger partial charge >= 0.3 is 6.03 Å². The van der Waals surface area contributed by atoms with E-state index in [0.29, 0.717) is 24.3 Å². The number of hydrogen-bond acceptors (Lipinski definition) is 5. The number of nitrogens with one attached hydrogen (secondary N) is 3. The molecule has 0 aromatic carbocycles. The van der Waals surface area contributed by atoms with Gasteiger partial charge in [-0.2, -0.15) is 0 Å². The van der Waals surface area contributed by atoms with Crippen LogP contribution in [0, 0.1) is 40.4 Å². The number of amides is 5. The summed E-state index contributed by atoms with van der Waals surface area (Å²) < 4.78 is 0. The molecule has 38 heavy (non-hydrogen) atoms. The molecule has 0 unspecified atom stereocenters. The second-order valence-electron chi connectivity index (χ2n) is 14.5. The van der Waals surface area contributed by atoms with Gasteiger partial charge in [-0.25, -0.2) is 4.79 Å². The molecule has 5 amide bonds. The van der Waals surface area contributed by atoms with Crippen LogP contribution in [0.1, 0.15) is 73.1 Å². The average molecular weight is 530 g/mol. The summed E-state index contributed by atoms with van der Waals surface area (Å²) in [6, 6.07) is -1.93. The van der Waals surface area contributed by atoms with Crippen LogP contribution in [-0.2, 0) is 19.2 Å². The van der Waals surface area contributed by atoms with Crippen molar-refractivity contribution in [2.75, 3.05) is 13.1 Å². The molecule has 5 aliphatic carbocycles. The van der Waals surface area contributed by atoms with Gasteiger partial charge in [0.1, 0.15) is 12.1 Å². The number of primary amides is 1. The third kappa shape index (κ3) is 4.68. The maximum absolute atomic E-state index is 14.0. The molecule has 6 aliphatic rings. The Morgan fingerprint density at radius 3 is 2.03 bits per heavy atom. The van der Waals surface area contributed by atoms with Gasteiger partial charge in [0.05, 0.1) is 6.54 Å². The van der Waals surface area contributed by atoms with Crippen LogP contribution in [-0.4, -0.2) is 65.1 Å². The number of fused-ring (bicyclic) bond motifs is 1. The van der Waals surface area contributed by atoms with E-state index in [9.17, 15) is 24.0 Å². The van der Waals surface area contributed by atoms with Crippen LogP contribution < -0.4 is 21.7 Å². The second-order valence-corrected chi connectivity index (χ2v) is 14.5. The number of rotatable bonds is 7. The Kier molecular flexibility index (Phi) is 6.34. The minimum atomic E-state index is -1.11. The van der Waals surface area contributed by atoms with E-state index in [1.807, 2.05) is 20.8 Å². The highest BCUT2D eigenvalue weighted by molar-refractivity contribution is 6.36. The molecule has 0 aromatic heterocycles. The molecule has 10 nitrogen and oxygen atoms in total. The van der Waals surface area contributed by atoms with Gasteiger partial charge < -0.3 is 26.6 Å². The number of piperidine rings is 1. The van der Waals surface area contributed by atoms with E-state index in [1.54, 1.807) is 4.90 Å². The predicted octanol–water partition coefficient (Wildman–Crippen LogP) is 1.32. The van der Waals surface area contributed by atoms with Crippen molar-refractivity contribution in [2.45, 2.75) is 90.8 Å². The minimum absolute atomic E-state index is 0.0587. The SMILES string of the molecule is CC(C)(C)[C@H](NC(=O)NC12CC3CC(CC(C3)C1)C2)C(=O)N1C[C@H]2[C@@H]([C@H]1C(=O)NCC(=O)C(N)=O)C2(C)C. The van der Waals surface area contributed by atoms with Gasteiger partial charge in [0.15, 0.2) is 0 Å². The van der Waals surface area contributed by atoms with Crippen molar-refractivity contribution in [3.63, 3.8) is 0 Å². The average Bonchev–Trinajstić information content (AvgIpc) is 3.12. The fourth-order valence-electron chi connectivity index (χ4n) is 8.66. The summed E-state index contributed by atoms with van der Waals surface area (Å²) in [4.78, 5) is 65.0. The van der Waals surface area contributed by atoms with E-state index in [2.05, 4.69) is 29.8 Å². The molecule has 1 saturated heterocycles. The summed E-state index contributed by atoms with van der Waals surface area (Å²) in [5.74, 6) is -0.648. The first-order valence-electron chi connectivity index (χ1n) is 14.1. The predicted molar refractivity (Wildman–Crippen MR) is 139 cm³/mol. The first kappa shape index (κ1) is 26.9. The van der Waals surface area contributed by atoms with Gasteiger partial charge in [0.2, 0.25) is 17.6 Å². The van der Waals surface area contributed by atoms with Crippen molar-refractivity contribution in [3.8, 4) is 0 Å². The molecule has 0 radical (unpaired) electrons. The zero-order valence-electron chi connectivity index (χ0n) is 23.3. The maximum atomic E-state index is 14.0. The first-order chi connectivity index (χ1) is 17.6. The topological polar surface area (TPSA) is 151 Å². The fourth-order valence-corrected chi connectivity index (χ4v) is 8.66. The molecule has 4 atom stereocenters. The van der Waals surface area contributed by atoms with E-state index in [4.69, 9.17) is 5.73 Å². The highest BCUT2D eigenvalue weighted by Crippen LogP contribution is 2.65. The van der Waals surface area contributed by atoms with Gasteiger partial charge in [-0.05, 0) is 78.9 Å². The molecule has 210 valence electrons. The lowest BCUT2D eigenvalue weighted by molar-refractivity contribution is -0.144. The number of Topliss-reactive ketones (excluding diaryl/α,β-unsaturated/α-hetero) is 1. The number of likely N-dealkylation sites (tertiary alicyclic amines) is 1. The lowest BCUT2D eigenvalue weighted by Crippen LogP contribution is -2.65. The number of urea groups is 1. The van der Waals surface area contributed by atoms with E-state index >= 15 is 0 Å². The van der Waals surface area contributed by atoms with Gasteiger partial charge in [-0.3, -0.25) is 19.2 Å². The third-order valence-electron chi connectivity index (χ3n) is 10.3. The molecule has 0 spiro atoms.